The predicted molar refractivity (Wildman–Crippen MR) is 55.0 cm³/mol. The average molecular weight is 227 g/mol. The summed E-state index contributed by atoms with van der Waals surface area (Å²) >= 11 is 0. The molecule has 1 saturated carbocycles. The van der Waals surface area contributed by atoms with Crippen molar-refractivity contribution >= 4 is 0 Å². The molecule has 0 saturated heterocycles. The number of hydrogen-bond acceptors (Lipinski definition) is 6. The molecule has 2 rings (SSSR count). The van der Waals surface area contributed by atoms with Gasteiger partial charge in [0.25, 0.3) is 5.89 Å². The van der Waals surface area contributed by atoms with Crippen LogP contribution in [0.1, 0.15) is 43.8 Å². The molecule has 1 heterocycles. The topological polar surface area (TPSA) is 83.4 Å². The summed E-state index contributed by atoms with van der Waals surface area (Å²) in [5, 5.41) is 3.95. The van der Waals surface area contributed by atoms with Crippen molar-refractivity contribution in [2.45, 2.75) is 44.3 Å². The van der Waals surface area contributed by atoms with E-state index in [2.05, 4.69) is 15.0 Å². The lowest BCUT2D eigenvalue weighted by Crippen LogP contribution is -2.32. The molecule has 1 aromatic rings. The van der Waals surface area contributed by atoms with Crippen molar-refractivity contribution in [2.24, 2.45) is 5.90 Å². The number of methoxy groups -OCH3 is 1. The van der Waals surface area contributed by atoms with Gasteiger partial charge in [0.2, 0.25) is 5.82 Å². The largest absolute Gasteiger partial charge is 0.370 e. The summed E-state index contributed by atoms with van der Waals surface area (Å²) in [6.45, 7) is 0.132. The van der Waals surface area contributed by atoms with Gasteiger partial charge in [0, 0.05) is 7.11 Å². The zero-order chi connectivity index (χ0) is 11.4. The number of nitrogens with two attached hydrogens (primary N) is 1. The number of aromatic nitrogens is 2. The van der Waals surface area contributed by atoms with Gasteiger partial charge in [-0.15, -0.1) is 0 Å². The van der Waals surface area contributed by atoms with Gasteiger partial charge >= 0.3 is 0 Å². The minimum absolute atomic E-state index is 0.132. The van der Waals surface area contributed by atoms with Gasteiger partial charge in [-0.3, -0.25) is 4.84 Å². The Bertz CT molecular complexity index is 334. The fourth-order valence-corrected chi connectivity index (χ4v) is 2.21. The maximum atomic E-state index is 5.60. The van der Waals surface area contributed by atoms with Crippen molar-refractivity contribution in [3.63, 3.8) is 0 Å². The number of nitrogens with zero attached hydrogens (tertiary/aromatic N) is 2. The van der Waals surface area contributed by atoms with Crippen LogP contribution < -0.4 is 5.90 Å². The van der Waals surface area contributed by atoms with Gasteiger partial charge in [0.05, 0.1) is 0 Å². The molecular formula is C10H17N3O3. The van der Waals surface area contributed by atoms with Crippen LogP contribution in [0.15, 0.2) is 4.52 Å². The Morgan fingerprint density at radius 2 is 2.12 bits per heavy atom. The molecule has 0 aliphatic heterocycles. The van der Waals surface area contributed by atoms with Crippen LogP contribution >= 0.6 is 0 Å². The normalized spacial score (nSPS) is 19.9. The lowest BCUT2D eigenvalue weighted by atomic mass is 9.84. The third-order valence-corrected chi connectivity index (χ3v) is 3.13. The first-order valence-corrected chi connectivity index (χ1v) is 5.50. The molecule has 1 aliphatic rings. The summed E-state index contributed by atoms with van der Waals surface area (Å²) < 4.78 is 10.6. The van der Waals surface area contributed by atoms with Crippen LogP contribution in [0.4, 0.5) is 0 Å². The predicted octanol–water partition coefficient (Wildman–Crippen LogP) is 1.27. The molecule has 0 unspecified atom stereocenters. The van der Waals surface area contributed by atoms with E-state index < -0.39 is 0 Å². The van der Waals surface area contributed by atoms with Gasteiger partial charge in [0.1, 0.15) is 12.2 Å². The van der Waals surface area contributed by atoms with Crippen LogP contribution in [0, 0.1) is 0 Å². The average Bonchev–Trinajstić information content (AvgIpc) is 2.80. The van der Waals surface area contributed by atoms with Gasteiger partial charge in [-0.25, -0.2) is 5.90 Å². The summed E-state index contributed by atoms with van der Waals surface area (Å²) in [6.07, 6.45) is 5.37. The lowest BCUT2D eigenvalue weighted by molar-refractivity contribution is -0.0527. The van der Waals surface area contributed by atoms with E-state index in [1.54, 1.807) is 7.11 Å². The third kappa shape index (κ3) is 2.09. The zero-order valence-corrected chi connectivity index (χ0v) is 9.44. The van der Waals surface area contributed by atoms with E-state index in [1.165, 1.54) is 6.42 Å². The summed E-state index contributed by atoms with van der Waals surface area (Å²) in [4.78, 5) is 8.72. The minimum atomic E-state index is -0.380. The van der Waals surface area contributed by atoms with Crippen molar-refractivity contribution in [3.05, 3.63) is 11.7 Å². The molecule has 0 radical (unpaired) electrons. The number of ether oxygens (including phenoxy) is 1. The summed E-state index contributed by atoms with van der Waals surface area (Å²) in [5.74, 6) is 5.96. The van der Waals surface area contributed by atoms with Gasteiger partial charge < -0.3 is 9.26 Å². The fraction of sp³-hybridized carbons (Fsp3) is 0.800. The quantitative estimate of drug-likeness (QED) is 0.780. The number of hydrogen-bond donors (Lipinski definition) is 1. The molecule has 1 fully saturated rings. The molecule has 0 amide bonds. The molecule has 1 aliphatic carbocycles. The molecule has 1 aromatic heterocycles. The Kier molecular flexibility index (Phi) is 3.52. The van der Waals surface area contributed by atoms with E-state index in [-0.39, 0.29) is 12.2 Å². The van der Waals surface area contributed by atoms with E-state index in [1.807, 2.05) is 0 Å². The van der Waals surface area contributed by atoms with Crippen LogP contribution in [0.2, 0.25) is 0 Å². The van der Waals surface area contributed by atoms with Crippen LogP contribution in [0.5, 0.6) is 0 Å². The SMILES string of the molecule is COC1(c2noc(CON)n2)CCCCC1. The Balaban J connectivity index is 2.18. The van der Waals surface area contributed by atoms with E-state index in [4.69, 9.17) is 15.2 Å². The van der Waals surface area contributed by atoms with Crippen molar-refractivity contribution in [1.29, 1.82) is 0 Å². The third-order valence-electron chi connectivity index (χ3n) is 3.13. The van der Waals surface area contributed by atoms with Crippen LogP contribution in [0.3, 0.4) is 0 Å². The lowest BCUT2D eigenvalue weighted by Gasteiger charge is -2.32. The van der Waals surface area contributed by atoms with Gasteiger partial charge in [-0.2, -0.15) is 4.98 Å². The Morgan fingerprint density at radius 1 is 1.38 bits per heavy atom. The molecular weight excluding hydrogens is 210 g/mol. The fourth-order valence-electron chi connectivity index (χ4n) is 2.21. The Morgan fingerprint density at radius 3 is 2.75 bits per heavy atom. The zero-order valence-electron chi connectivity index (χ0n) is 9.44. The van der Waals surface area contributed by atoms with E-state index >= 15 is 0 Å². The van der Waals surface area contributed by atoms with Crippen LogP contribution in [0.25, 0.3) is 0 Å². The molecule has 6 heteroatoms. The second-order valence-electron chi connectivity index (χ2n) is 4.08. The summed E-state index contributed by atoms with van der Waals surface area (Å²) in [6, 6.07) is 0. The Labute approximate surface area is 94.1 Å². The molecule has 0 bridgehead atoms. The van der Waals surface area contributed by atoms with Crippen molar-refractivity contribution in [3.8, 4) is 0 Å². The Hall–Kier alpha value is -0.980. The monoisotopic (exact) mass is 227 g/mol. The van der Waals surface area contributed by atoms with Crippen LogP contribution in [-0.4, -0.2) is 17.3 Å². The highest BCUT2D eigenvalue weighted by Crippen LogP contribution is 2.38. The van der Waals surface area contributed by atoms with E-state index in [0.29, 0.717) is 11.7 Å². The molecule has 90 valence electrons. The first-order chi connectivity index (χ1) is 7.80. The van der Waals surface area contributed by atoms with E-state index in [0.717, 1.165) is 25.7 Å². The molecule has 0 spiro atoms. The van der Waals surface area contributed by atoms with Gasteiger partial charge in [0.15, 0.2) is 0 Å². The summed E-state index contributed by atoms with van der Waals surface area (Å²) in [5.41, 5.74) is -0.380. The molecule has 2 N–H and O–H groups in total. The molecule has 0 atom stereocenters. The summed E-state index contributed by atoms with van der Waals surface area (Å²) in [7, 11) is 1.70. The van der Waals surface area contributed by atoms with Crippen molar-refractivity contribution in [1.82, 2.24) is 10.1 Å². The second-order valence-corrected chi connectivity index (χ2v) is 4.08. The first kappa shape index (κ1) is 11.5. The first-order valence-electron chi connectivity index (χ1n) is 5.50. The van der Waals surface area contributed by atoms with Crippen molar-refractivity contribution < 1.29 is 14.1 Å². The standard InChI is InChI=1S/C10H17N3O3/c1-14-10(5-3-2-4-6-10)9-12-8(7-15-11)16-13-9/h2-7,11H2,1H3. The minimum Gasteiger partial charge on any atom is -0.370 e. The number of rotatable bonds is 4. The smallest absolute Gasteiger partial charge is 0.254 e. The van der Waals surface area contributed by atoms with E-state index in [9.17, 15) is 0 Å². The van der Waals surface area contributed by atoms with Gasteiger partial charge in [-0.1, -0.05) is 24.4 Å². The maximum absolute atomic E-state index is 5.60. The second kappa shape index (κ2) is 4.90. The van der Waals surface area contributed by atoms with Crippen molar-refractivity contribution in [2.75, 3.05) is 7.11 Å². The highest BCUT2D eigenvalue weighted by atomic mass is 16.6. The molecule has 16 heavy (non-hydrogen) atoms. The molecule has 6 nitrogen and oxygen atoms in total. The molecule has 0 aromatic carbocycles. The van der Waals surface area contributed by atoms with Gasteiger partial charge in [-0.05, 0) is 12.8 Å². The highest BCUT2D eigenvalue weighted by molar-refractivity contribution is 5.03. The maximum Gasteiger partial charge on any atom is 0.254 e. The highest BCUT2D eigenvalue weighted by Gasteiger charge is 2.38. The van der Waals surface area contributed by atoms with Crippen LogP contribution in [-0.2, 0) is 21.8 Å².